The minimum Gasteiger partial charge on any atom is -0.328 e. The lowest BCUT2D eigenvalue weighted by molar-refractivity contribution is -0.384. The predicted octanol–water partition coefficient (Wildman–Crippen LogP) is 0.435. The van der Waals surface area contributed by atoms with E-state index in [4.69, 9.17) is 4.55 Å². The van der Waals surface area contributed by atoms with Crippen LogP contribution in [-0.4, -0.2) is 26.3 Å². The number of hydrogen-bond acceptors (Lipinski definition) is 5. The van der Waals surface area contributed by atoms with E-state index in [1.54, 1.807) is 0 Å². The standard InChI is InChI=1S/C8H8N2O6S/c11-8(9-5-16-17(14)15)6-1-3-7(4-2-6)10(12)13/h1-4H,5H2,(H,9,11)(H,14,15). The van der Waals surface area contributed by atoms with Crippen LogP contribution in [0.15, 0.2) is 24.3 Å². The van der Waals surface area contributed by atoms with Gasteiger partial charge in [0.25, 0.3) is 11.6 Å². The third-order valence-corrected chi connectivity index (χ3v) is 2.05. The Labute approximate surface area is 98.2 Å². The molecule has 0 aliphatic carbocycles. The van der Waals surface area contributed by atoms with Crippen molar-refractivity contribution < 1.29 is 22.7 Å². The van der Waals surface area contributed by atoms with Crippen molar-refractivity contribution in [2.24, 2.45) is 0 Å². The highest BCUT2D eigenvalue weighted by Gasteiger charge is 2.09. The summed E-state index contributed by atoms with van der Waals surface area (Å²) in [5.74, 6) is -0.564. The highest BCUT2D eigenvalue weighted by atomic mass is 32.2. The van der Waals surface area contributed by atoms with Gasteiger partial charge in [0.1, 0.15) is 6.73 Å². The molecule has 0 saturated carbocycles. The molecule has 1 aromatic carbocycles. The van der Waals surface area contributed by atoms with Crippen LogP contribution in [0.1, 0.15) is 10.4 Å². The summed E-state index contributed by atoms with van der Waals surface area (Å²) >= 11 is -2.45. The summed E-state index contributed by atoms with van der Waals surface area (Å²) in [7, 11) is 0. The third-order valence-electron chi connectivity index (χ3n) is 1.73. The molecule has 2 N–H and O–H groups in total. The van der Waals surface area contributed by atoms with Crippen molar-refractivity contribution in [3.05, 3.63) is 39.9 Å². The maximum atomic E-state index is 11.4. The molecule has 8 nitrogen and oxygen atoms in total. The first-order chi connectivity index (χ1) is 8.00. The molecular weight excluding hydrogens is 252 g/mol. The molecule has 0 aliphatic rings. The van der Waals surface area contributed by atoms with Gasteiger partial charge in [0.15, 0.2) is 0 Å². The van der Waals surface area contributed by atoms with Crippen LogP contribution in [0, 0.1) is 10.1 Å². The van der Waals surface area contributed by atoms with Crippen molar-refractivity contribution in [3.63, 3.8) is 0 Å². The second kappa shape index (κ2) is 6.03. The van der Waals surface area contributed by atoms with E-state index in [-0.39, 0.29) is 11.3 Å². The van der Waals surface area contributed by atoms with E-state index in [1.165, 1.54) is 24.3 Å². The lowest BCUT2D eigenvalue weighted by Crippen LogP contribution is -2.26. The number of non-ortho nitro benzene ring substituents is 1. The molecule has 0 saturated heterocycles. The number of nitrogens with one attached hydrogen (secondary N) is 1. The molecule has 9 heteroatoms. The smallest absolute Gasteiger partial charge is 0.303 e. The van der Waals surface area contributed by atoms with Gasteiger partial charge in [-0.15, -0.1) is 0 Å². The molecule has 1 rings (SSSR count). The lowest BCUT2D eigenvalue weighted by atomic mass is 10.2. The van der Waals surface area contributed by atoms with Gasteiger partial charge in [0.2, 0.25) is 0 Å². The molecule has 0 spiro atoms. The summed E-state index contributed by atoms with van der Waals surface area (Å²) in [6.45, 7) is -0.432. The first-order valence-electron chi connectivity index (χ1n) is 4.27. The molecule has 0 aliphatic heterocycles. The highest BCUT2D eigenvalue weighted by Crippen LogP contribution is 2.11. The Kier molecular flexibility index (Phi) is 4.69. The summed E-state index contributed by atoms with van der Waals surface area (Å²) in [6.07, 6.45) is 0. The fourth-order valence-corrected chi connectivity index (χ4v) is 1.14. The van der Waals surface area contributed by atoms with E-state index < -0.39 is 28.9 Å². The lowest BCUT2D eigenvalue weighted by Gasteiger charge is -2.03. The average Bonchev–Trinajstić information content (AvgIpc) is 2.28. The first kappa shape index (κ1) is 13.2. The van der Waals surface area contributed by atoms with E-state index in [0.29, 0.717) is 0 Å². The number of carbonyl (C=O) groups is 1. The Balaban J connectivity index is 2.57. The fourth-order valence-electron chi connectivity index (χ4n) is 0.982. The topological polar surface area (TPSA) is 119 Å². The minimum atomic E-state index is -2.45. The molecule has 0 radical (unpaired) electrons. The fraction of sp³-hybridized carbons (Fsp3) is 0.125. The van der Waals surface area contributed by atoms with Crippen LogP contribution in [0.2, 0.25) is 0 Å². The monoisotopic (exact) mass is 260 g/mol. The van der Waals surface area contributed by atoms with Crippen LogP contribution < -0.4 is 5.32 Å². The zero-order valence-electron chi connectivity index (χ0n) is 8.36. The number of carbonyl (C=O) groups excluding carboxylic acids is 1. The number of rotatable bonds is 5. The number of hydrogen-bond donors (Lipinski definition) is 2. The maximum absolute atomic E-state index is 11.4. The molecular formula is C8H8N2O6S. The van der Waals surface area contributed by atoms with Crippen LogP contribution in [-0.2, 0) is 15.5 Å². The molecule has 0 aromatic heterocycles. The van der Waals surface area contributed by atoms with Crippen molar-refractivity contribution in [2.45, 2.75) is 0 Å². The molecule has 1 atom stereocenters. The zero-order valence-corrected chi connectivity index (χ0v) is 9.18. The third kappa shape index (κ3) is 4.26. The van der Waals surface area contributed by atoms with Crippen molar-refractivity contribution in [1.29, 1.82) is 0 Å². The molecule has 1 aromatic rings. The molecule has 0 fully saturated rings. The summed E-state index contributed by atoms with van der Waals surface area (Å²) in [6, 6.07) is 4.90. The van der Waals surface area contributed by atoms with Gasteiger partial charge >= 0.3 is 11.4 Å². The average molecular weight is 260 g/mol. The van der Waals surface area contributed by atoms with E-state index >= 15 is 0 Å². The Hall–Kier alpha value is -1.84. The quantitative estimate of drug-likeness (QED) is 0.343. The van der Waals surface area contributed by atoms with Crippen LogP contribution >= 0.6 is 0 Å². The van der Waals surface area contributed by atoms with Crippen molar-refractivity contribution in [1.82, 2.24) is 5.32 Å². The van der Waals surface area contributed by atoms with E-state index in [0.717, 1.165) is 0 Å². The van der Waals surface area contributed by atoms with E-state index in [2.05, 4.69) is 9.50 Å². The van der Waals surface area contributed by atoms with Gasteiger partial charge in [0.05, 0.1) is 4.92 Å². The van der Waals surface area contributed by atoms with Gasteiger partial charge in [-0.3, -0.25) is 19.5 Å². The summed E-state index contributed by atoms with van der Waals surface area (Å²) in [5, 5.41) is 12.5. The van der Waals surface area contributed by atoms with Crippen LogP contribution in [0.4, 0.5) is 5.69 Å². The summed E-state index contributed by atoms with van der Waals surface area (Å²) < 4.78 is 22.5. The molecule has 92 valence electrons. The van der Waals surface area contributed by atoms with Gasteiger partial charge in [-0.2, -0.15) is 4.21 Å². The first-order valence-corrected chi connectivity index (χ1v) is 5.30. The van der Waals surface area contributed by atoms with Gasteiger partial charge in [-0.1, -0.05) is 0 Å². The molecule has 17 heavy (non-hydrogen) atoms. The molecule has 1 unspecified atom stereocenters. The van der Waals surface area contributed by atoms with Gasteiger partial charge in [-0.25, -0.2) is 4.18 Å². The normalized spacial score (nSPS) is 11.8. The second-order valence-electron chi connectivity index (χ2n) is 2.79. The van der Waals surface area contributed by atoms with Gasteiger partial charge < -0.3 is 5.32 Å². The molecule has 1 amide bonds. The van der Waals surface area contributed by atoms with Crippen molar-refractivity contribution >= 4 is 23.0 Å². The Morgan fingerprint density at radius 1 is 1.47 bits per heavy atom. The Morgan fingerprint density at radius 3 is 2.53 bits per heavy atom. The molecule has 0 bridgehead atoms. The minimum absolute atomic E-state index is 0.130. The highest BCUT2D eigenvalue weighted by molar-refractivity contribution is 7.74. The number of benzene rings is 1. The van der Waals surface area contributed by atoms with Gasteiger partial charge in [0, 0.05) is 17.7 Å². The maximum Gasteiger partial charge on any atom is 0.303 e. The predicted molar refractivity (Wildman–Crippen MR) is 57.3 cm³/mol. The Morgan fingerprint density at radius 2 is 2.06 bits per heavy atom. The Bertz CT molecular complexity index is 446. The van der Waals surface area contributed by atoms with E-state index in [1.807, 2.05) is 0 Å². The molecule has 0 heterocycles. The van der Waals surface area contributed by atoms with Crippen LogP contribution in [0.5, 0.6) is 0 Å². The second-order valence-corrected chi connectivity index (χ2v) is 3.46. The number of nitrogens with zero attached hydrogens (tertiary/aromatic N) is 1. The van der Waals surface area contributed by atoms with Crippen LogP contribution in [0.3, 0.4) is 0 Å². The SMILES string of the molecule is O=C(NCOS(=O)O)c1ccc([N+](=O)[O-])cc1. The van der Waals surface area contributed by atoms with Crippen molar-refractivity contribution in [3.8, 4) is 0 Å². The van der Waals surface area contributed by atoms with Crippen LogP contribution in [0.25, 0.3) is 0 Å². The largest absolute Gasteiger partial charge is 0.328 e. The number of nitro benzene ring substituents is 1. The zero-order chi connectivity index (χ0) is 12.8. The summed E-state index contributed by atoms with van der Waals surface area (Å²) in [5.41, 5.74) is 0.0529. The number of amides is 1. The number of nitro groups is 1. The summed E-state index contributed by atoms with van der Waals surface area (Å²) in [4.78, 5) is 21.1. The van der Waals surface area contributed by atoms with E-state index in [9.17, 15) is 19.1 Å². The van der Waals surface area contributed by atoms with Gasteiger partial charge in [-0.05, 0) is 12.1 Å². The van der Waals surface area contributed by atoms with Crippen molar-refractivity contribution in [2.75, 3.05) is 6.73 Å².